The third-order valence-electron chi connectivity index (χ3n) is 5.25. The Morgan fingerprint density at radius 3 is 2.64 bits per heavy atom. The minimum absolute atomic E-state index is 0.0531. The number of halogens is 1. The van der Waals surface area contributed by atoms with E-state index in [9.17, 15) is 9.59 Å². The number of rotatable bonds is 5. The van der Waals surface area contributed by atoms with Gasteiger partial charge in [0.2, 0.25) is 5.95 Å². The molecule has 10 heteroatoms. The van der Waals surface area contributed by atoms with Crippen molar-refractivity contribution < 1.29 is 18.7 Å². The minimum atomic E-state index is -0.847. The van der Waals surface area contributed by atoms with Gasteiger partial charge in [0.1, 0.15) is 23.3 Å². The van der Waals surface area contributed by atoms with E-state index in [2.05, 4.69) is 20.4 Å². The van der Waals surface area contributed by atoms with Gasteiger partial charge in [-0.2, -0.15) is 5.10 Å². The lowest BCUT2D eigenvalue weighted by atomic mass is 10.0. The molecule has 1 N–H and O–H groups in total. The fraction of sp³-hybridized carbons (Fsp3) is 0.348. The quantitative estimate of drug-likeness (QED) is 0.592. The maximum absolute atomic E-state index is 15.5. The molecule has 0 radical (unpaired) electrons. The summed E-state index contributed by atoms with van der Waals surface area (Å²) < 4.78 is 22.5. The number of ether oxygens (including phenoxy) is 1. The molecule has 0 bridgehead atoms. The second-order valence-corrected chi connectivity index (χ2v) is 8.83. The molecule has 4 rings (SSSR count). The number of hydrogen-bond donors (Lipinski definition) is 1. The number of fused-ring (bicyclic) bond motifs is 1. The van der Waals surface area contributed by atoms with Crippen LogP contribution in [0.3, 0.4) is 0 Å². The lowest BCUT2D eigenvalue weighted by Gasteiger charge is -2.27. The Labute approximate surface area is 190 Å². The standard InChI is InChI=1S/C23H25FN6O3/c1-13(21(32)33-23(2,3)4)30-12-14-6-7-15(19(24)18(14)20(30)31)16-8-10-25-22(27-16)28-17-9-11-26-29(17)5/h6-11,13H,12H2,1-5H3,(H,25,27,28)/t13-/m1/s1. The number of esters is 1. The third-order valence-corrected chi connectivity index (χ3v) is 5.25. The monoisotopic (exact) mass is 452 g/mol. The van der Waals surface area contributed by atoms with Gasteiger partial charge in [-0.3, -0.25) is 9.48 Å². The highest BCUT2D eigenvalue weighted by Gasteiger charge is 2.38. The summed E-state index contributed by atoms with van der Waals surface area (Å²) in [5.41, 5.74) is 0.264. The topological polar surface area (TPSA) is 102 Å². The highest BCUT2D eigenvalue weighted by molar-refractivity contribution is 6.01. The van der Waals surface area contributed by atoms with Gasteiger partial charge in [-0.05, 0) is 45.4 Å². The van der Waals surface area contributed by atoms with Gasteiger partial charge >= 0.3 is 5.97 Å². The van der Waals surface area contributed by atoms with Crippen molar-refractivity contribution in [1.82, 2.24) is 24.6 Å². The van der Waals surface area contributed by atoms with Crippen LogP contribution >= 0.6 is 0 Å². The molecule has 0 fully saturated rings. The minimum Gasteiger partial charge on any atom is -0.458 e. The molecule has 3 heterocycles. The largest absolute Gasteiger partial charge is 0.458 e. The normalized spacial score (nSPS) is 14.2. The van der Waals surface area contributed by atoms with Crippen molar-refractivity contribution in [3.05, 3.63) is 53.6 Å². The molecule has 0 spiro atoms. The van der Waals surface area contributed by atoms with Crippen molar-refractivity contribution in [2.45, 2.75) is 45.9 Å². The van der Waals surface area contributed by atoms with E-state index in [-0.39, 0.29) is 23.6 Å². The summed E-state index contributed by atoms with van der Waals surface area (Å²) >= 11 is 0. The Morgan fingerprint density at radius 1 is 1.21 bits per heavy atom. The SMILES string of the molecule is C[C@H](C(=O)OC(C)(C)C)N1Cc2ccc(-c3ccnc(Nc4ccnn4C)n3)c(F)c2C1=O. The van der Waals surface area contributed by atoms with E-state index in [0.717, 1.165) is 0 Å². The van der Waals surface area contributed by atoms with Crippen LogP contribution in [0.5, 0.6) is 0 Å². The zero-order valence-electron chi connectivity index (χ0n) is 19.1. The third kappa shape index (κ3) is 4.41. The van der Waals surface area contributed by atoms with Crippen LogP contribution in [0.4, 0.5) is 16.2 Å². The van der Waals surface area contributed by atoms with E-state index in [1.807, 2.05) is 0 Å². The number of aryl methyl sites for hydroxylation is 1. The smallest absolute Gasteiger partial charge is 0.329 e. The second kappa shape index (κ2) is 8.27. The zero-order valence-corrected chi connectivity index (χ0v) is 19.1. The van der Waals surface area contributed by atoms with Crippen LogP contribution in [0.1, 0.15) is 43.6 Å². The molecule has 0 saturated heterocycles. The van der Waals surface area contributed by atoms with Crippen LogP contribution in [0.15, 0.2) is 36.7 Å². The van der Waals surface area contributed by atoms with Crippen molar-refractivity contribution in [1.29, 1.82) is 0 Å². The molecular formula is C23H25FN6O3. The molecule has 172 valence electrons. The van der Waals surface area contributed by atoms with E-state index in [1.54, 1.807) is 69.9 Å². The summed E-state index contributed by atoms with van der Waals surface area (Å²) in [4.78, 5) is 35.4. The van der Waals surface area contributed by atoms with Crippen molar-refractivity contribution in [3.63, 3.8) is 0 Å². The molecule has 1 aliphatic rings. The Morgan fingerprint density at radius 2 is 1.97 bits per heavy atom. The van der Waals surface area contributed by atoms with Gasteiger partial charge in [0, 0.05) is 31.4 Å². The summed E-state index contributed by atoms with van der Waals surface area (Å²) in [6.07, 6.45) is 3.13. The van der Waals surface area contributed by atoms with Gasteiger partial charge in [0.05, 0.1) is 17.5 Å². The number of benzene rings is 1. The zero-order chi connectivity index (χ0) is 23.9. The van der Waals surface area contributed by atoms with Crippen LogP contribution in [0.25, 0.3) is 11.3 Å². The maximum Gasteiger partial charge on any atom is 0.329 e. The van der Waals surface area contributed by atoms with Gasteiger partial charge in [-0.15, -0.1) is 0 Å². The molecular weight excluding hydrogens is 427 g/mol. The molecule has 0 aliphatic carbocycles. The van der Waals surface area contributed by atoms with Crippen molar-refractivity contribution in [2.24, 2.45) is 7.05 Å². The molecule has 9 nitrogen and oxygen atoms in total. The van der Waals surface area contributed by atoms with E-state index in [0.29, 0.717) is 17.1 Å². The molecule has 3 aromatic rings. The summed E-state index contributed by atoms with van der Waals surface area (Å²) in [7, 11) is 1.77. The van der Waals surface area contributed by atoms with Gasteiger partial charge < -0.3 is 15.0 Å². The Bertz CT molecular complexity index is 1230. The summed E-state index contributed by atoms with van der Waals surface area (Å²) in [5.74, 6) is -0.830. The first-order valence-electron chi connectivity index (χ1n) is 10.5. The van der Waals surface area contributed by atoms with Crippen molar-refractivity contribution in [3.8, 4) is 11.3 Å². The van der Waals surface area contributed by atoms with Gasteiger partial charge in [-0.1, -0.05) is 6.07 Å². The fourth-order valence-electron chi connectivity index (χ4n) is 3.58. The molecule has 1 atom stereocenters. The number of carbonyl (C=O) groups is 2. The number of nitrogens with zero attached hydrogens (tertiary/aromatic N) is 5. The van der Waals surface area contributed by atoms with Crippen LogP contribution in [0, 0.1) is 5.82 Å². The molecule has 0 unspecified atom stereocenters. The first-order valence-corrected chi connectivity index (χ1v) is 10.5. The van der Waals surface area contributed by atoms with Crippen LogP contribution < -0.4 is 5.32 Å². The summed E-state index contributed by atoms with van der Waals surface area (Å²) in [6, 6.07) is 5.74. The van der Waals surface area contributed by atoms with E-state index >= 15 is 4.39 Å². The average Bonchev–Trinajstić information content (AvgIpc) is 3.30. The van der Waals surface area contributed by atoms with E-state index in [4.69, 9.17) is 4.74 Å². The van der Waals surface area contributed by atoms with E-state index < -0.39 is 29.3 Å². The number of anilines is 2. The van der Waals surface area contributed by atoms with Crippen molar-refractivity contribution >= 4 is 23.6 Å². The van der Waals surface area contributed by atoms with Crippen LogP contribution in [0.2, 0.25) is 0 Å². The molecule has 33 heavy (non-hydrogen) atoms. The molecule has 1 amide bonds. The van der Waals surface area contributed by atoms with Gasteiger partial charge in [-0.25, -0.2) is 19.2 Å². The molecule has 1 aromatic carbocycles. The fourth-order valence-corrected chi connectivity index (χ4v) is 3.58. The average molecular weight is 452 g/mol. The maximum atomic E-state index is 15.5. The molecule has 0 saturated carbocycles. The van der Waals surface area contributed by atoms with Gasteiger partial charge in [0.15, 0.2) is 0 Å². The van der Waals surface area contributed by atoms with Gasteiger partial charge in [0.25, 0.3) is 5.91 Å². The van der Waals surface area contributed by atoms with Crippen molar-refractivity contribution in [2.75, 3.05) is 5.32 Å². The molecule has 2 aromatic heterocycles. The second-order valence-electron chi connectivity index (χ2n) is 8.83. The summed E-state index contributed by atoms with van der Waals surface area (Å²) in [6.45, 7) is 6.97. The number of carbonyl (C=O) groups excluding carboxylic acids is 2. The number of aromatic nitrogens is 4. The van der Waals surface area contributed by atoms with Crippen LogP contribution in [-0.4, -0.2) is 48.2 Å². The lowest BCUT2D eigenvalue weighted by Crippen LogP contribution is -2.42. The first kappa shape index (κ1) is 22.4. The number of hydrogen-bond acceptors (Lipinski definition) is 7. The predicted molar refractivity (Wildman–Crippen MR) is 119 cm³/mol. The Hall–Kier alpha value is -3.82. The highest BCUT2D eigenvalue weighted by Crippen LogP contribution is 2.33. The van der Waals surface area contributed by atoms with Crippen LogP contribution in [-0.2, 0) is 23.1 Å². The Balaban J connectivity index is 1.61. The lowest BCUT2D eigenvalue weighted by molar-refractivity contribution is -0.159. The highest BCUT2D eigenvalue weighted by atomic mass is 19.1. The number of amides is 1. The molecule has 1 aliphatic heterocycles. The Kier molecular flexibility index (Phi) is 5.61. The number of nitrogens with one attached hydrogen (secondary N) is 1. The first-order chi connectivity index (χ1) is 15.5. The van der Waals surface area contributed by atoms with E-state index in [1.165, 1.54) is 11.1 Å². The summed E-state index contributed by atoms with van der Waals surface area (Å²) in [5, 5.41) is 7.10. The predicted octanol–water partition coefficient (Wildman–Crippen LogP) is 3.45.